The summed E-state index contributed by atoms with van der Waals surface area (Å²) >= 11 is 0. The van der Waals surface area contributed by atoms with E-state index >= 15 is 0 Å². The van der Waals surface area contributed by atoms with Crippen molar-refractivity contribution in [3.05, 3.63) is 39.9 Å². The number of hydrogen-bond acceptors (Lipinski definition) is 4. The first-order valence-corrected chi connectivity index (χ1v) is 4.44. The van der Waals surface area contributed by atoms with Crippen LogP contribution in [0.4, 0.5) is 20.3 Å². The van der Waals surface area contributed by atoms with Crippen molar-refractivity contribution in [1.82, 2.24) is 10.2 Å². The summed E-state index contributed by atoms with van der Waals surface area (Å²) in [5.74, 6) is -2.17. The molecule has 0 aliphatic rings. The minimum atomic E-state index is -1.27. The zero-order valence-corrected chi connectivity index (χ0v) is 8.28. The predicted molar refractivity (Wildman–Crippen MR) is 55.0 cm³/mol. The lowest BCUT2D eigenvalue weighted by atomic mass is 10.1. The third kappa shape index (κ3) is 1.80. The van der Waals surface area contributed by atoms with Crippen molar-refractivity contribution in [2.75, 3.05) is 5.73 Å². The Kier molecular flexibility index (Phi) is 2.47. The molecule has 3 N–H and O–H groups in total. The molecule has 0 saturated heterocycles. The molecule has 88 valence electrons. The van der Waals surface area contributed by atoms with Gasteiger partial charge in [-0.15, -0.1) is 0 Å². The number of nitrogens with zero attached hydrogens (tertiary/aromatic N) is 2. The van der Waals surface area contributed by atoms with Gasteiger partial charge in [-0.05, 0) is 6.07 Å². The standard InChI is InChI=1S/C9H6F2N4O2/c10-4-1-2-6(15(16)17)9(11)8(4)5-3-7(12)14-13-5/h1-3H,(H3,12,13,14). The zero-order valence-electron chi connectivity index (χ0n) is 8.28. The van der Waals surface area contributed by atoms with Crippen LogP contribution in [-0.4, -0.2) is 15.1 Å². The molecule has 0 aliphatic heterocycles. The minimum Gasteiger partial charge on any atom is -0.382 e. The summed E-state index contributed by atoms with van der Waals surface area (Å²) < 4.78 is 27.1. The highest BCUT2D eigenvalue weighted by atomic mass is 19.1. The van der Waals surface area contributed by atoms with Gasteiger partial charge in [0.1, 0.15) is 11.6 Å². The summed E-state index contributed by atoms with van der Waals surface area (Å²) in [7, 11) is 0. The number of nitrogens with two attached hydrogens (primary N) is 1. The Balaban J connectivity index is 2.68. The number of aromatic amines is 1. The van der Waals surface area contributed by atoms with E-state index in [1.54, 1.807) is 0 Å². The van der Waals surface area contributed by atoms with Crippen molar-refractivity contribution in [1.29, 1.82) is 0 Å². The maximum absolute atomic E-state index is 13.7. The van der Waals surface area contributed by atoms with E-state index in [1.165, 1.54) is 6.07 Å². The lowest BCUT2D eigenvalue weighted by molar-refractivity contribution is -0.387. The van der Waals surface area contributed by atoms with Crippen molar-refractivity contribution in [3.8, 4) is 11.3 Å². The van der Waals surface area contributed by atoms with Crippen LogP contribution in [0, 0.1) is 21.7 Å². The number of nitrogen functional groups attached to an aromatic ring is 1. The van der Waals surface area contributed by atoms with Gasteiger partial charge in [-0.3, -0.25) is 15.2 Å². The summed E-state index contributed by atoms with van der Waals surface area (Å²) in [5.41, 5.74) is 3.88. The summed E-state index contributed by atoms with van der Waals surface area (Å²) in [4.78, 5) is 9.58. The van der Waals surface area contributed by atoms with E-state index in [4.69, 9.17) is 5.73 Å². The molecular weight excluding hydrogens is 234 g/mol. The summed E-state index contributed by atoms with van der Waals surface area (Å²) in [6, 6.07) is 2.76. The number of nitrogens with one attached hydrogen (secondary N) is 1. The summed E-state index contributed by atoms with van der Waals surface area (Å²) in [5, 5.41) is 16.3. The maximum atomic E-state index is 13.7. The maximum Gasteiger partial charge on any atom is 0.305 e. The van der Waals surface area contributed by atoms with Crippen LogP contribution >= 0.6 is 0 Å². The Morgan fingerprint density at radius 3 is 2.65 bits per heavy atom. The van der Waals surface area contributed by atoms with Gasteiger partial charge >= 0.3 is 5.69 Å². The quantitative estimate of drug-likeness (QED) is 0.618. The van der Waals surface area contributed by atoms with Crippen molar-refractivity contribution in [2.24, 2.45) is 0 Å². The van der Waals surface area contributed by atoms with Crippen molar-refractivity contribution >= 4 is 11.5 Å². The Labute approximate surface area is 93.2 Å². The third-order valence-corrected chi connectivity index (χ3v) is 2.13. The lowest BCUT2D eigenvalue weighted by Gasteiger charge is -2.02. The second kappa shape index (κ2) is 3.81. The molecule has 0 unspecified atom stereocenters. The lowest BCUT2D eigenvalue weighted by Crippen LogP contribution is -1.97. The molecule has 0 spiro atoms. The van der Waals surface area contributed by atoms with Crippen molar-refractivity contribution < 1.29 is 13.7 Å². The predicted octanol–water partition coefficient (Wildman–Crippen LogP) is 1.85. The normalized spacial score (nSPS) is 10.5. The average molecular weight is 240 g/mol. The fraction of sp³-hybridized carbons (Fsp3) is 0. The second-order valence-electron chi connectivity index (χ2n) is 3.22. The topological polar surface area (TPSA) is 97.8 Å². The fourth-order valence-corrected chi connectivity index (χ4v) is 1.39. The van der Waals surface area contributed by atoms with Gasteiger partial charge < -0.3 is 5.73 Å². The molecule has 1 aromatic carbocycles. The monoisotopic (exact) mass is 240 g/mol. The van der Waals surface area contributed by atoms with Gasteiger partial charge in [0.05, 0.1) is 16.2 Å². The van der Waals surface area contributed by atoms with Crippen LogP contribution < -0.4 is 5.73 Å². The minimum absolute atomic E-state index is 0.0327. The Morgan fingerprint density at radius 1 is 1.41 bits per heavy atom. The van der Waals surface area contributed by atoms with Gasteiger partial charge in [0.25, 0.3) is 0 Å². The number of H-pyrrole nitrogens is 1. The fourth-order valence-electron chi connectivity index (χ4n) is 1.39. The van der Waals surface area contributed by atoms with Crippen molar-refractivity contribution in [3.63, 3.8) is 0 Å². The van der Waals surface area contributed by atoms with E-state index < -0.39 is 27.8 Å². The highest BCUT2D eigenvalue weighted by molar-refractivity contribution is 5.66. The molecule has 1 aromatic heterocycles. The second-order valence-corrected chi connectivity index (χ2v) is 3.22. The Morgan fingerprint density at radius 2 is 2.12 bits per heavy atom. The van der Waals surface area contributed by atoms with E-state index in [9.17, 15) is 18.9 Å². The van der Waals surface area contributed by atoms with Gasteiger partial charge in [0.15, 0.2) is 0 Å². The number of hydrogen-bond donors (Lipinski definition) is 2. The van der Waals surface area contributed by atoms with Gasteiger partial charge in [-0.1, -0.05) is 0 Å². The van der Waals surface area contributed by atoms with E-state index in [0.29, 0.717) is 0 Å². The number of halogens is 2. The van der Waals surface area contributed by atoms with Gasteiger partial charge in [-0.2, -0.15) is 9.49 Å². The molecule has 0 aliphatic carbocycles. The number of anilines is 1. The number of nitro groups is 1. The first-order valence-electron chi connectivity index (χ1n) is 4.44. The SMILES string of the molecule is Nc1cc(-c2c(F)ccc([N+](=O)[O-])c2F)[nH]n1. The van der Waals surface area contributed by atoms with Crippen LogP contribution in [0.1, 0.15) is 0 Å². The zero-order chi connectivity index (χ0) is 12.6. The molecule has 0 saturated carbocycles. The van der Waals surface area contributed by atoms with E-state index in [2.05, 4.69) is 10.2 Å². The number of aromatic nitrogens is 2. The highest BCUT2D eigenvalue weighted by Crippen LogP contribution is 2.30. The molecule has 6 nitrogen and oxygen atoms in total. The van der Waals surface area contributed by atoms with Gasteiger partial charge in [0.2, 0.25) is 5.82 Å². The van der Waals surface area contributed by atoms with Crippen LogP contribution in [0.25, 0.3) is 11.3 Å². The molecule has 0 atom stereocenters. The summed E-state index contributed by atoms with van der Waals surface area (Å²) in [6.07, 6.45) is 0. The van der Waals surface area contributed by atoms with Crippen LogP contribution in [0.2, 0.25) is 0 Å². The van der Waals surface area contributed by atoms with Gasteiger partial charge in [-0.25, -0.2) is 4.39 Å². The first-order chi connectivity index (χ1) is 8.00. The highest BCUT2D eigenvalue weighted by Gasteiger charge is 2.23. The molecule has 17 heavy (non-hydrogen) atoms. The van der Waals surface area contributed by atoms with Crippen LogP contribution in [0.15, 0.2) is 18.2 Å². The van der Waals surface area contributed by atoms with Crippen LogP contribution in [0.3, 0.4) is 0 Å². The summed E-state index contributed by atoms with van der Waals surface area (Å²) in [6.45, 7) is 0. The van der Waals surface area contributed by atoms with Crippen molar-refractivity contribution in [2.45, 2.75) is 0 Å². The Bertz CT molecular complexity index is 597. The first kappa shape index (κ1) is 11.0. The molecule has 2 aromatic rings. The molecule has 0 radical (unpaired) electrons. The molecule has 8 heteroatoms. The molecule has 0 fully saturated rings. The average Bonchev–Trinajstić information content (AvgIpc) is 2.64. The van der Waals surface area contributed by atoms with E-state index in [-0.39, 0.29) is 11.5 Å². The molecular formula is C9H6F2N4O2. The largest absolute Gasteiger partial charge is 0.382 e. The molecule has 0 bridgehead atoms. The van der Waals surface area contributed by atoms with E-state index in [1.807, 2.05) is 0 Å². The van der Waals surface area contributed by atoms with Gasteiger partial charge in [0, 0.05) is 12.1 Å². The smallest absolute Gasteiger partial charge is 0.305 e. The molecule has 2 rings (SSSR count). The number of rotatable bonds is 2. The van der Waals surface area contributed by atoms with E-state index in [0.717, 1.165) is 12.1 Å². The third-order valence-electron chi connectivity index (χ3n) is 2.13. The number of benzene rings is 1. The van der Waals surface area contributed by atoms with Crippen LogP contribution in [-0.2, 0) is 0 Å². The van der Waals surface area contributed by atoms with Crippen LogP contribution in [0.5, 0.6) is 0 Å². The molecule has 1 heterocycles. The molecule has 0 amide bonds. The Hall–Kier alpha value is -2.51. The number of nitro benzene ring substituents is 1.